The summed E-state index contributed by atoms with van der Waals surface area (Å²) in [6, 6.07) is 10.5. The van der Waals surface area contributed by atoms with Crippen molar-refractivity contribution in [3.63, 3.8) is 0 Å². The second kappa shape index (κ2) is 6.67. The molecule has 0 radical (unpaired) electrons. The maximum atomic E-state index is 10.7. The standard InChI is InChI=1S/C18H28N2O2/c1-22-18(16-6-3-2-4-7-16)9-12-20(13-10-18)15-17(21)8-5-11-19-14-17/h2-4,6-7,19,21H,5,8-15H2,1H3/t17-/m1/s1. The first-order valence-electron chi connectivity index (χ1n) is 8.42. The molecule has 0 spiro atoms. The van der Waals surface area contributed by atoms with Gasteiger partial charge in [-0.25, -0.2) is 0 Å². The Bertz CT molecular complexity index is 463. The first kappa shape index (κ1) is 15.9. The molecule has 2 aliphatic rings. The summed E-state index contributed by atoms with van der Waals surface area (Å²) in [5, 5.41) is 14.0. The second-order valence-corrected chi connectivity index (χ2v) is 6.85. The van der Waals surface area contributed by atoms with E-state index in [1.807, 2.05) is 13.2 Å². The third kappa shape index (κ3) is 3.35. The summed E-state index contributed by atoms with van der Waals surface area (Å²) in [6.45, 7) is 4.48. The van der Waals surface area contributed by atoms with Crippen molar-refractivity contribution in [2.75, 3.05) is 39.8 Å². The molecule has 3 rings (SSSR count). The number of ether oxygens (including phenoxy) is 1. The number of aliphatic hydroxyl groups is 1. The first-order valence-corrected chi connectivity index (χ1v) is 8.42. The van der Waals surface area contributed by atoms with Gasteiger partial charge in [-0.3, -0.25) is 0 Å². The normalized spacial score (nSPS) is 29.4. The molecule has 1 atom stereocenters. The minimum atomic E-state index is -0.557. The van der Waals surface area contributed by atoms with Crippen molar-refractivity contribution in [2.24, 2.45) is 0 Å². The summed E-state index contributed by atoms with van der Waals surface area (Å²) in [5.41, 5.74) is 0.554. The molecule has 2 fully saturated rings. The van der Waals surface area contributed by atoms with Crippen LogP contribution >= 0.6 is 0 Å². The summed E-state index contributed by atoms with van der Waals surface area (Å²) >= 11 is 0. The van der Waals surface area contributed by atoms with Crippen LogP contribution in [0, 0.1) is 0 Å². The second-order valence-electron chi connectivity index (χ2n) is 6.85. The summed E-state index contributed by atoms with van der Waals surface area (Å²) in [4.78, 5) is 2.40. The lowest BCUT2D eigenvalue weighted by Gasteiger charge is -2.44. The predicted octanol–water partition coefficient (Wildman–Crippen LogP) is 1.74. The van der Waals surface area contributed by atoms with E-state index in [0.717, 1.165) is 58.4 Å². The Kier molecular flexibility index (Phi) is 4.83. The highest BCUT2D eigenvalue weighted by Gasteiger charge is 2.39. The Balaban J connectivity index is 1.61. The van der Waals surface area contributed by atoms with Crippen molar-refractivity contribution in [1.29, 1.82) is 0 Å². The van der Waals surface area contributed by atoms with Gasteiger partial charge in [0.25, 0.3) is 0 Å². The van der Waals surface area contributed by atoms with E-state index in [0.29, 0.717) is 0 Å². The van der Waals surface area contributed by atoms with E-state index < -0.39 is 5.60 Å². The molecule has 0 amide bonds. The van der Waals surface area contributed by atoms with Crippen LogP contribution in [0.25, 0.3) is 0 Å². The fourth-order valence-electron chi connectivity index (χ4n) is 3.93. The van der Waals surface area contributed by atoms with Gasteiger partial charge in [-0.1, -0.05) is 30.3 Å². The van der Waals surface area contributed by atoms with Gasteiger partial charge in [-0.2, -0.15) is 0 Å². The molecule has 1 aromatic carbocycles. The van der Waals surface area contributed by atoms with E-state index in [9.17, 15) is 5.11 Å². The minimum absolute atomic E-state index is 0.162. The van der Waals surface area contributed by atoms with E-state index >= 15 is 0 Å². The number of benzene rings is 1. The van der Waals surface area contributed by atoms with Crippen molar-refractivity contribution in [3.05, 3.63) is 35.9 Å². The number of rotatable bonds is 4. The maximum absolute atomic E-state index is 10.7. The quantitative estimate of drug-likeness (QED) is 0.889. The molecule has 4 heteroatoms. The SMILES string of the molecule is COC1(c2ccccc2)CCN(C[C@@]2(O)CCCNC2)CC1. The van der Waals surface area contributed by atoms with E-state index in [1.165, 1.54) is 5.56 Å². The molecular weight excluding hydrogens is 276 g/mol. The van der Waals surface area contributed by atoms with Crippen molar-refractivity contribution in [2.45, 2.75) is 36.9 Å². The maximum Gasteiger partial charge on any atom is 0.0951 e. The van der Waals surface area contributed by atoms with Crippen LogP contribution in [0.5, 0.6) is 0 Å². The smallest absolute Gasteiger partial charge is 0.0951 e. The number of hydrogen-bond donors (Lipinski definition) is 2. The van der Waals surface area contributed by atoms with Crippen molar-refractivity contribution < 1.29 is 9.84 Å². The van der Waals surface area contributed by atoms with E-state index in [1.54, 1.807) is 0 Å². The topological polar surface area (TPSA) is 44.7 Å². The van der Waals surface area contributed by atoms with Gasteiger partial charge in [0.15, 0.2) is 0 Å². The number of likely N-dealkylation sites (tertiary alicyclic amines) is 1. The summed E-state index contributed by atoms with van der Waals surface area (Å²) in [5.74, 6) is 0. The molecule has 4 nitrogen and oxygen atoms in total. The number of β-amino-alcohol motifs (C(OH)–C–C–N with tert-alkyl or cyclic N) is 1. The molecule has 2 N–H and O–H groups in total. The van der Waals surface area contributed by atoms with Crippen LogP contribution in [-0.2, 0) is 10.3 Å². The fourth-order valence-corrected chi connectivity index (χ4v) is 3.93. The van der Waals surface area contributed by atoms with Gasteiger partial charge in [0.05, 0.1) is 11.2 Å². The van der Waals surface area contributed by atoms with Gasteiger partial charge in [0.2, 0.25) is 0 Å². The van der Waals surface area contributed by atoms with E-state index in [2.05, 4.69) is 34.5 Å². The molecule has 0 saturated carbocycles. The Morgan fingerprint density at radius 3 is 2.50 bits per heavy atom. The zero-order valence-electron chi connectivity index (χ0n) is 13.6. The average Bonchev–Trinajstić information content (AvgIpc) is 2.57. The lowest BCUT2D eigenvalue weighted by Crippen LogP contribution is -2.55. The van der Waals surface area contributed by atoms with Gasteiger partial charge in [0, 0.05) is 33.3 Å². The molecule has 0 unspecified atom stereocenters. The van der Waals surface area contributed by atoms with E-state index in [4.69, 9.17) is 4.74 Å². The molecule has 0 bridgehead atoms. The third-order valence-electron chi connectivity index (χ3n) is 5.32. The van der Waals surface area contributed by atoms with Crippen molar-refractivity contribution in [1.82, 2.24) is 10.2 Å². The minimum Gasteiger partial charge on any atom is -0.387 e. The predicted molar refractivity (Wildman–Crippen MR) is 87.9 cm³/mol. The zero-order valence-corrected chi connectivity index (χ0v) is 13.6. The fraction of sp³-hybridized carbons (Fsp3) is 0.667. The number of nitrogens with one attached hydrogen (secondary N) is 1. The van der Waals surface area contributed by atoms with E-state index in [-0.39, 0.29) is 5.60 Å². The molecule has 122 valence electrons. The Labute approximate surface area is 133 Å². The monoisotopic (exact) mass is 304 g/mol. The van der Waals surface area contributed by atoms with Crippen LogP contribution in [0.4, 0.5) is 0 Å². The average molecular weight is 304 g/mol. The molecule has 2 heterocycles. The van der Waals surface area contributed by atoms with Gasteiger partial charge >= 0.3 is 0 Å². The van der Waals surface area contributed by atoms with Gasteiger partial charge < -0.3 is 20.1 Å². The Hall–Kier alpha value is -0.940. The van der Waals surface area contributed by atoms with Crippen LogP contribution in [0.15, 0.2) is 30.3 Å². The highest BCUT2D eigenvalue weighted by atomic mass is 16.5. The molecule has 2 saturated heterocycles. The highest BCUT2D eigenvalue weighted by molar-refractivity contribution is 5.23. The largest absolute Gasteiger partial charge is 0.387 e. The summed E-state index contributed by atoms with van der Waals surface area (Å²) < 4.78 is 5.93. The highest BCUT2D eigenvalue weighted by Crippen LogP contribution is 2.36. The van der Waals surface area contributed by atoms with Crippen molar-refractivity contribution >= 4 is 0 Å². The van der Waals surface area contributed by atoms with Crippen LogP contribution in [0.3, 0.4) is 0 Å². The summed E-state index contributed by atoms with van der Waals surface area (Å²) in [6.07, 6.45) is 3.94. The number of hydrogen-bond acceptors (Lipinski definition) is 4. The molecule has 2 aliphatic heterocycles. The van der Waals surface area contributed by atoms with Gasteiger partial charge in [-0.05, 0) is 37.8 Å². The first-order chi connectivity index (χ1) is 10.7. The number of nitrogens with zero attached hydrogens (tertiary/aromatic N) is 1. The number of methoxy groups -OCH3 is 1. The van der Waals surface area contributed by atoms with Crippen LogP contribution in [-0.4, -0.2) is 55.4 Å². The van der Waals surface area contributed by atoms with Crippen LogP contribution < -0.4 is 5.32 Å². The Morgan fingerprint density at radius 1 is 1.18 bits per heavy atom. The zero-order chi connectivity index (χ0) is 15.5. The molecule has 1 aromatic rings. The molecule has 0 aliphatic carbocycles. The van der Waals surface area contributed by atoms with Gasteiger partial charge in [0.1, 0.15) is 0 Å². The molecule has 0 aromatic heterocycles. The molecular formula is C18H28N2O2. The van der Waals surface area contributed by atoms with Crippen LogP contribution in [0.2, 0.25) is 0 Å². The lowest BCUT2D eigenvalue weighted by atomic mass is 9.83. The molecule has 22 heavy (non-hydrogen) atoms. The van der Waals surface area contributed by atoms with Crippen molar-refractivity contribution in [3.8, 4) is 0 Å². The lowest BCUT2D eigenvalue weighted by molar-refractivity contribution is -0.0814. The summed E-state index contributed by atoms with van der Waals surface area (Å²) in [7, 11) is 1.82. The Morgan fingerprint density at radius 2 is 1.91 bits per heavy atom. The van der Waals surface area contributed by atoms with Gasteiger partial charge in [-0.15, -0.1) is 0 Å². The van der Waals surface area contributed by atoms with Crippen LogP contribution in [0.1, 0.15) is 31.2 Å². The third-order valence-corrected chi connectivity index (χ3v) is 5.32. The number of piperidine rings is 2.